The third kappa shape index (κ3) is 2.59. The first kappa shape index (κ1) is 9.73. The van der Waals surface area contributed by atoms with Gasteiger partial charge in [0.1, 0.15) is 11.6 Å². The van der Waals surface area contributed by atoms with Gasteiger partial charge in [0.2, 0.25) is 0 Å². The van der Waals surface area contributed by atoms with Crippen molar-refractivity contribution in [3.05, 3.63) is 6.20 Å². The van der Waals surface area contributed by atoms with Crippen LogP contribution in [-0.4, -0.2) is 36.1 Å². The van der Waals surface area contributed by atoms with E-state index in [0.717, 1.165) is 6.54 Å². The molecule has 2 N–H and O–H groups in total. The molecule has 0 amide bonds. The Morgan fingerprint density at radius 3 is 2.93 bits per heavy atom. The number of anilines is 1. The molecule has 1 fully saturated rings. The molecule has 1 aromatic heterocycles. The number of likely N-dealkylation sites (tertiary alicyclic amines) is 1. The minimum absolute atomic E-state index is 0.682. The van der Waals surface area contributed by atoms with E-state index in [4.69, 9.17) is 10.5 Å². The number of hydrogen-bond donors (Lipinski definition) is 1. The van der Waals surface area contributed by atoms with Gasteiger partial charge in [0.05, 0.1) is 6.20 Å². The second-order valence-electron chi connectivity index (χ2n) is 3.43. The topological polar surface area (TPSA) is 51.4 Å². The SMILES string of the molecule is Nc1cnc(OCCN2CCCC2)s1. The second kappa shape index (κ2) is 4.61. The second-order valence-corrected chi connectivity index (χ2v) is 4.45. The van der Waals surface area contributed by atoms with Gasteiger partial charge >= 0.3 is 0 Å². The number of rotatable bonds is 4. The van der Waals surface area contributed by atoms with Gasteiger partial charge in [0.25, 0.3) is 5.19 Å². The molecule has 0 atom stereocenters. The van der Waals surface area contributed by atoms with Crippen LogP contribution in [0.1, 0.15) is 12.8 Å². The molecular weight excluding hydrogens is 198 g/mol. The molecule has 2 rings (SSSR count). The number of nitrogens with zero attached hydrogens (tertiary/aromatic N) is 2. The highest BCUT2D eigenvalue weighted by atomic mass is 32.1. The van der Waals surface area contributed by atoms with Crippen molar-refractivity contribution < 1.29 is 4.74 Å². The number of aromatic nitrogens is 1. The zero-order valence-electron chi connectivity index (χ0n) is 8.11. The predicted octanol–water partition coefficient (Wildman–Crippen LogP) is 1.20. The smallest absolute Gasteiger partial charge is 0.275 e. The van der Waals surface area contributed by atoms with Crippen LogP contribution >= 0.6 is 11.3 Å². The van der Waals surface area contributed by atoms with Gasteiger partial charge in [0, 0.05) is 6.54 Å². The van der Waals surface area contributed by atoms with E-state index < -0.39 is 0 Å². The Morgan fingerprint density at radius 1 is 1.50 bits per heavy atom. The molecule has 0 bridgehead atoms. The first-order chi connectivity index (χ1) is 6.84. The van der Waals surface area contributed by atoms with E-state index in [-0.39, 0.29) is 0 Å². The van der Waals surface area contributed by atoms with Crippen molar-refractivity contribution in [2.75, 3.05) is 32.0 Å². The van der Waals surface area contributed by atoms with Crippen LogP contribution in [0, 0.1) is 0 Å². The molecule has 0 unspecified atom stereocenters. The molecule has 1 aliphatic rings. The summed E-state index contributed by atoms with van der Waals surface area (Å²) in [7, 11) is 0. The van der Waals surface area contributed by atoms with Gasteiger partial charge in [-0.3, -0.25) is 4.90 Å². The van der Waals surface area contributed by atoms with E-state index >= 15 is 0 Å². The molecule has 1 aromatic rings. The molecule has 0 aliphatic carbocycles. The van der Waals surface area contributed by atoms with Gasteiger partial charge in [0.15, 0.2) is 0 Å². The summed E-state index contributed by atoms with van der Waals surface area (Å²) in [4.78, 5) is 6.45. The highest BCUT2D eigenvalue weighted by Crippen LogP contribution is 2.21. The van der Waals surface area contributed by atoms with E-state index in [1.54, 1.807) is 6.20 Å². The van der Waals surface area contributed by atoms with Crippen LogP contribution in [0.5, 0.6) is 5.19 Å². The standard InChI is InChI=1S/C9H15N3OS/c10-8-7-11-9(14-8)13-6-5-12-3-1-2-4-12/h7H,1-6,10H2. The van der Waals surface area contributed by atoms with Crippen LogP contribution in [0.25, 0.3) is 0 Å². The van der Waals surface area contributed by atoms with E-state index in [2.05, 4.69) is 9.88 Å². The normalized spacial score (nSPS) is 17.4. The fourth-order valence-corrected chi connectivity index (χ4v) is 2.16. The van der Waals surface area contributed by atoms with Crippen molar-refractivity contribution in [3.8, 4) is 5.19 Å². The van der Waals surface area contributed by atoms with Crippen LogP contribution in [-0.2, 0) is 0 Å². The summed E-state index contributed by atoms with van der Waals surface area (Å²) in [6.07, 6.45) is 4.28. The Balaban J connectivity index is 1.67. The Labute approximate surface area is 87.7 Å². The van der Waals surface area contributed by atoms with E-state index in [9.17, 15) is 0 Å². The summed E-state index contributed by atoms with van der Waals surface area (Å²) in [5.74, 6) is 0. The highest BCUT2D eigenvalue weighted by molar-refractivity contribution is 7.17. The maximum Gasteiger partial charge on any atom is 0.275 e. The molecule has 0 radical (unpaired) electrons. The molecule has 2 heterocycles. The number of thiazole rings is 1. The maximum absolute atomic E-state index is 5.54. The molecule has 0 spiro atoms. The molecule has 14 heavy (non-hydrogen) atoms. The third-order valence-electron chi connectivity index (χ3n) is 2.33. The fraction of sp³-hybridized carbons (Fsp3) is 0.667. The summed E-state index contributed by atoms with van der Waals surface area (Å²) >= 11 is 1.40. The number of ether oxygens (including phenoxy) is 1. The summed E-state index contributed by atoms with van der Waals surface area (Å²) < 4.78 is 5.47. The molecule has 4 nitrogen and oxygen atoms in total. The lowest BCUT2D eigenvalue weighted by molar-refractivity contribution is 0.237. The lowest BCUT2D eigenvalue weighted by Crippen LogP contribution is -2.24. The van der Waals surface area contributed by atoms with Crippen LogP contribution in [0.4, 0.5) is 5.00 Å². The lowest BCUT2D eigenvalue weighted by atomic mass is 10.4. The average molecular weight is 213 g/mol. The quantitative estimate of drug-likeness (QED) is 0.816. The Bertz CT molecular complexity index is 283. The number of nitrogen functional groups attached to an aromatic ring is 1. The first-order valence-electron chi connectivity index (χ1n) is 4.91. The minimum Gasteiger partial charge on any atom is -0.469 e. The molecule has 78 valence electrons. The van der Waals surface area contributed by atoms with Crippen molar-refractivity contribution in [3.63, 3.8) is 0 Å². The van der Waals surface area contributed by atoms with Gasteiger partial charge in [-0.05, 0) is 25.9 Å². The van der Waals surface area contributed by atoms with E-state index in [0.29, 0.717) is 16.8 Å². The van der Waals surface area contributed by atoms with Gasteiger partial charge in [-0.2, -0.15) is 0 Å². The third-order valence-corrected chi connectivity index (χ3v) is 3.07. The molecule has 1 saturated heterocycles. The Hall–Kier alpha value is -0.810. The van der Waals surface area contributed by atoms with Crippen molar-refractivity contribution in [1.82, 2.24) is 9.88 Å². The largest absolute Gasteiger partial charge is 0.469 e. The summed E-state index contributed by atoms with van der Waals surface area (Å²) in [5.41, 5.74) is 5.54. The van der Waals surface area contributed by atoms with E-state index in [1.807, 2.05) is 0 Å². The predicted molar refractivity (Wildman–Crippen MR) is 57.7 cm³/mol. The summed E-state index contributed by atoms with van der Waals surface area (Å²) in [6, 6.07) is 0. The van der Waals surface area contributed by atoms with Crippen LogP contribution in [0.2, 0.25) is 0 Å². The van der Waals surface area contributed by atoms with Crippen molar-refractivity contribution in [2.24, 2.45) is 0 Å². The summed E-state index contributed by atoms with van der Waals surface area (Å²) in [5, 5.41) is 1.39. The average Bonchev–Trinajstić information content (AvgIpc) is 2.77. The first-order valence-corrected chi connectivity index (χ1v) is 5.73. The maximum atomic E-state index is 5.54. The van der Waals surface area contributed by atoms with Crippen LogP contribution in [0.15, 0.2) is 6.20 Å². The molecule has 5 heteroatoms. The zero-order chi connectivity index (χ0) is 9.80. The number of hydrogen-bond acceptors (Lipinski definition) is 5. The number of nitrogens with two attached hydrogens (primary N) is 1. The lowest BCUT2D eigenvalue weighted by Gasteiger charge is -2.13. The van der Waals surface area contributed by atoms with Crippen LogP contribution < -0.4 is 10.5 Å². The molecule has 0 aromatic carbocycles. The van der Waals surface area contributed by atoms with E-state index in [1.165, 1.54) is 37.3 Å². The van der Waals surface area contributed by atoms with Crippen molar-refractivity contribution in [1.29, 1.82) is 0 Å². The van der Waals surface area contributed by atoms with Crippen LogP contribution in [0.3, 0.4) is 0 Å². The molecular formula is C9H15N3OS. The van der Waals surface area contributed by atoms with Crippen molar-refractivity contribution in [2.45, 2.75) is 12.8 Å². The monoisotopic (exact) mass is 213 g/mol. The Morgan fingerprint density at radius 2 is 2.29 bits per heavy atom. The van der Waals surface area contributed by atoms with Gasteiger partial charge in [-0.25, -0.2) is 4.98 Å². The van der Waals surface area contributed by atoms with Gasteiger partial charge < -0.3 is 10.5 Å². The van der Waals surface area contributed by atoms with Gasteiger partial charge in [-0.1, -0.05) is 11.3 Å². The fourth-order valence-electron chi connectivity index (χ4n) is 1.60. The molecule has 1 aliphatic heterocycles. The highest BCUT2D eigenvalue weighted by Gasteiger charge is 2.11. The molecule has 0 saturated carbocycles. The zero-order valence-corrected chi connectivity index (χ0v) is 8.92. The summed E-state index contributed by atoms with van der Waals surface area (Å²) in [6.45, 7) is 4.14. The Kier molecular flexibility index (Phi) is 3.21. The minimum atomic E-state index is 0.682. The van der Waals surface area contributed by atoms with Gasteiger partial charge in [-0.15, -0.1) is 0 Å². The van der Waals surface area contributed by atoms with Crippen molar-refractivity contribution >= 4 is 16.3 Å².